The first kappa shape index (κ1) is 20.5. The first-order valence-corrected chi connectivity index (χ1v) is 15.7. The van der Waals surface area contributed by atoms with Gasteiger partial charge in [0.25, 0.3) is 0 Å². The molecule has 0 spiro atoms. The van der Waals surface area contributed by atoms with E-state index in [1.807, 2.05) is 0 Å². The van der Waals surface area contributed by atoms with E-state index >= 15 is 0 Å². The predicted octanol–water partition coefficient (Wildman–Crippen LogP) is 3.41. The molecule has 0 amide bonds. The third-order valence-corrected chi connectivity index (χ3v) is 11.9. The van der Waals surface area contributed by atoms with Crippen LogP contribution in [-0.2, 0) is 23.1 Å². The summed E-state index contributed by atoms with van der Waals surface area (Å²) in [7, 11) is -3.14. The topological polar surface area (TPSA) is 52.8 Å². The third kappa shape index (κ3) is 10.3. The molecule has 0 saturated carbocycles. The highest BCUT2D eigenvalue weighted by Crippen LogP contribution is 2.24. The maximum atomic E-state index is 6.66. The fourth-order valence-electron chi connectivity index (χ4n) is 2.96. The van der Waals surface area contributed by atoms with E-state index in [-0.39, 0.29) is 0 Å². The maximum absolute atomic E-state index is 6.66. The Labute approximate surface area is 149 Å². The number of ether oxygens (including phenoxy) is 4. The van der Waals surface area contributed by atoms with E-state index in [0.29, 0.717) is 12.2 Å². The summed E-state index contributed by atoms with van der Waals surface area (Å²) >= 11 is 0. The van der Waals surface area contributed by atoms with Crippen LogP contribution in [0.2, 0.25) is 38.3 Å². The Hall–Kier alpha value is 0.234. The fraction of sp³-hybridized carbons (Fsp3) is 1.00. The Morgan fingerprint density at radius 2 is 1.21 bits per heavy atom. The van der Waals surface area contributed by atoms with Crippen molar-refractivity contribution in [1.82, 2.24) is 0 Å². The van der Waals surface area contributed by atoms with Crippen molar-refractivity contribution in [3.63, 3.8) is 0 Å². The van der Waals surface area contributed by atoms with Crippen LogP contribution < -0.4 is 0 Å². The van der Waals surface area contributed by atoms with E-state index in [9.17, 15) is 0 Å². The number of hydrogen-bond donors (Lipinski definition) is 0. The van der Waals surface area contributed by atoms with E-state index < -0.39 is 16.6 Å². The molecule has 2 fully saturated rings. The summed E-state index contributed by atoms with van der Waals surface area (Å²) in [4.78, 5) is 0. The van der Waals surface area contributed by atoms with Gasteiger partial charge in [0.15, 0.2) is 16.6 Å². The molecule has 142 valence electrons. The molecule has 2 rings (SSSR count). The van der Waals surface area contributed by atoms with Gasteiger partial charge in [-0.3, -0.25) is 0 Å². The van der Waals surface area contributed by atoms with Crippen molar-refractivity contribution in [3.8, 4) is 0 Å². The third-order valence-electron chi connectivity index (χ3n) is 4.35. The largest absolute Gasteiger partial charge is 0.455 e. The van der Waals surface area contributed by atoms with Crippen LogP contribution >= 0.6 is 0 Å². The van der Waals surface area contributed by atoms with Crippen molar-refractivity contribution in [3.05, 3.63) is 0 Å². The molecule has 2 atom stereocenters. The molecular weight excluding hydrogens is 340 g/mol. The van der Waals surface area contributed by atoms with Crippen LogP contribution in [0.25, 0.3) is 0 Å². The second-order valence-electron chi connectivity index (χ2n) is 8.24. The van der Waals surface area contributed by atoms with Gasteiger partial charge in [-0.05, 0) is 51.1 Å². The minimum absolute atomic E-state index is 0.374. The smallest absolute Gasteiger partial charge is 0.173 e. The van der Waals surface area contributed by atoms with Crippen molar-refractivity contribution < 1.29 is 23.1 Å². The predicted molar refractivity (Wildman–Crippen MR) is 101 cm³/mol. The highest BCUT2D eigenvalue weighted by Gasteiger charge is 2.32. The lowest BCUT2D eigenvalue weighted by Crippen LogP contribution is -2.44. The van der Waals surface area contributed by atoms with Gasteiger partial charge in [0.05, 0.1) is 26.4 Å². The van der Waals surface area contributed by atoms with E-state index in [1.54, 1.807) is 0 Å². The van der Waals surface area contributed by atoms with E-state index in [1.165, 1.54) is 18.5 Å². The second kappa shape index (κ2) is 9.80. The quantitative estimate of drug-likeness (QED) is 0.249. The molecule has 5 nitrogen and oxygen atoms in total. The van der Waals surface area contributed by atoms with Crippen LogP contribution in [0, 0.1) is 0 Å². The Kier molecular flexibility index (Phi) is 8.39. The SMILES string of the molecule is C[Si](C)(CCCCOCC1CO1)O[Si](C)(C)CCCOCC1CO1. The van der Waals surface area contributed by atoms with E-state index in [2.05, 4.69) is 26.2 Å². The monoisotopic (exact) mass is 376 g/mol. The molecule has 0 aromatic rings. The van der Waals surface area contributed by atoms with Crippen molar-refractivity contribution in [2.24, 2.45) is 0 Å². The molecule has 2 unspecified atom stereocenters. The Bertz CT molecular complexity index is 357. The van der Waals surface area contributed by atoms with Crippen LogP contribution in [0.5, 0.6) is 0 Å². The first-order valence-electron chi connectivity index (χ1n) is 9.45. The lowest BCUT2D eigenvalue weighted by atomic mass is 10.3. The van der Waals surface area contributed by atoms with E-state index in [0.717, 1.165) is 52.5 Å². The Morgan fingerprint density at radius 3 is 1.71 bits per heavy atom. The van der Waals surface area contributed by atoms with Gasteiger partial charge >= 0.3 is 0 Å². The molecule has 24 heavy (non-hydrogen) atoms. The second-order valence-corrected chi connectivity index (χ2v) is 17.1. The molecule has 2 heterocycles. The number of rotatable bonds is 15. The van der Waals surface area contributed by atoms with Crippen molar-refractivity contribution in [2.45, 2.75) is 69.7 Å². The summed E-state index contributed by atoms with van der Waals surface area (Å²) in [6.07, 6.45) is 4.20. The molecule has 0 N–H and O–H groups in total. The highest BCUT2D eigenvalue weighted by molar-refractivity contribution is 6.84. The molecular formula is C17H36O5Si2. The van der Waals surface area contributed by atoms with Gasteiger partial charge in [-0.25, -0.2) is 0 Å². The fourth-order valence-corrected chi connectivity index (χ4v) is 11.9. The summed E-state index contributed by atoms with van der Waals surface area (Å²) in [5, 5.41) is 0. The summed E-state index contributed by atoms with van der Waals surface area (Å²) in [6, 6.07) is 2.40. The molecule has 2 aliphatic heterocycles. The molecule has 7 heteroatoms. The molecule has 0 aromatic heterocycles. The number of hydrogen-bond acceptors (Lipinski definition) is 5. The van der Waals surface area contributed by atoms with Crippen molar-refractivity contribution in [2.75, 3.05) is 39.6 Å². The lowest BCUT2D eigenvalue weighted by Gasteiger charge is -2.34. The minimum atomic E-state index is -1.58. The normalized spacial score (nSPS) is 23.5. The van der Waals surface area contributed by atoms with Crippen LogP contribution in [0.4, 0.5) is 0 Å². The summed E-state index contributed by atoms with van der Waals surface area (Å²) in [6.45, 7) is 14.4. The van der Waals surface area contributed by atoms with E-state index in [4.69, 9.17) is 23.1 Å². The van der Waals surface area contributed by atoms with Crippen LogP contribution in [-0.4, -0.2) is 68.5 Å². The van der Waals surface area contributed by atoms with Gasteiger partial charge in [-0.2, -0.15) is 0 Å². The minimum Gasteiger partial charge on any atom is -0.455 e. The zero-order chi connectivity index (χ0) is 17.5. The first-order chi connectivity index (χ1) is 11.4. The average molecular weight is 377 g/mol. The maximum Gasteiger partial charge on any atom is 0.173 e. The zero-order valence-electron chi connectivity index (χ0n) is 16.0. The molecule has 2 saturated heterocycles. The van der Waals surface area contributed by atoms with Gasteiger partial charge in [0.1, 0.15) is 12.2 Å². The summed E-state index contributed by atoms with van der Waals surface area (Å²) < 4.78 is 28.2. The molecule has 2 aliphatic rings. The lowest BCUT2D eigenvalue weighted by molar-refractivity contribution is 0.114. The van der Waals surface area contributed by atoms with Crippen LogP contribution in [0.15, 0.2) is 0 Å². The number of epoxide rings is 2. The summed E-state index contributed by atoms with van der Waals surface area (Å²) in [5.41, 5.74) is 0. The Balaban J connectivity index is 1.48. The molecule has 0 aliphatic carbocycles. The van der Waals surface area contributed by atoms with Crippen molar-refractivity contribution in [1.29, 1.82) is 0 Å². The highest BCUT2D eigenvalue weighted by atomic mass is 28.4. The molecule has 0 aromatic carbocycles. The Morgan fingerprint density at radius 1 is 0.750 bits per heavy atom. The van der Waals surface area contributed by atoms with Gasteiger partial charge in [0.2, 0.25) is 0 Å². The van der Waals surface area contributed by atoms with Gasteiger partial charge in [-0.1, -0.05) is 6.42 Å². The van der Waals surface area contributed by atoms with Gasteiger partial charge in [0, 0.05) is 13.2 Å². The molecule has 0 bridgehead atoms. The molecule has 0 radical (unpaired) electrons. The van der Waals surface area contributed by atoms with Gasteiger partial charge in [-0.15, -0.1) is 0 Å². The zero-order valence-corrected chi connectivity index (χ0v) is 18.0. The average Bonchev–Trinajstić information content (AvgIpc) is 3.34. The van der Waals surface area contributed by atoms with Crippen molar-refractivity contribution >= 4 is 16.6 Å². The van der Waals surface area contributed by atoms with Gasteiger partial charge < -0.3 is 23.1 Å². The van der Waals surface area contributed by atoms with Crippen LogP contribution in [0.3, 0.4) is 0 Å². The van der Waals surface area contributed by atoms with Crippen LogP contribution in [0.1, 0.15) is 19.3 Å². The standard InChI is InChI=1S/C17H36O5Si2/c1-23(2,10-6-5-8-18-12-16-14-20-16)22-24(3,4)11-7-9-19-13-17-15-21-17/h16-17H,5-15H2,1-4H3. The summed E-state index contributed by atoms with van der Waals surface area (Å²) in [5.74, 6) is 0. The number of unbranched alkanes of at least 4 members (excludes halogenated alkanes) is 1.